The summed E-state index contributed by atoms with van der Waals surface area (Å²) in [4.78, 5) is 28.3. The maximum atomic E-state index is 12.9. The normalized spacial score (nSPS) is 14.9. The molecule has 1 atom stereocenters. The average Bonchev–Trinajstić information content (AvgIpc) is 3.53. The zero-order chi connectivity index (χ0) is 21.9. The zero-order valence-electron chi connectivity index (χ0n) is 15.9. The van der Waals surface area contributed by atoms with Gasteiger partial charge < -0.3 is 15.4 Å². The lowest BCUT2D eigenvalue weighted by molar-refractivity contribution is -0.253. The first-order valence-corrected chi connectivity index (χ1v) is 9.18. The molecule has 0 bridgehead atoms. The van der Waals surface area contributed by atoms with Crippen molar-refractivity contribution in [3.05, 3.63) is 53.7 Å². The minimum Gasteiger partial charge on any atom is -0.428 e. The number of carbonyl (C=O) groups excluding carboxylic acids is 2. The monoisotopic (exact) mass is 425 g/mol. The Bertz CT molecular complexity index is 918. The standard InChI is InChI=1S/C20H19F4N3O3/c1-11(14-8-9-25-16(10-14)27-18(29)12-2-3-12)26-17(28)13-4-6-15(7-5-13)30-20(23,24)19(21)22/h4-12,19H,2-3H2,1H3,(H,26,28)(H,25,27,29). The van der Waals surface area contributed by atoms with Crippen molar-refractivity contribution in [3.8, 4) is 5.75 Å². The van der Waals surface area contributed by atoms with E-state index in [-0.39, 0.29) is 17.4 Å². The molecule has 0 aliphatic heterocycles. The first-order chi connectivity index (χ1) is 14.2. The highest BCUT2D eigenvalue weighted by molar-refractivity contribution is 5.95. The van der Waals surface area contributed by atoms with Crippen molar-refractivity contribution in [2.24, 2.45) is 5.92 Å². The molecule has 10 heteroatoms. The summed E-state index contributed by atoms with van der Waals surface area (Å²) in [6.07, 6.45) is -5.36. The summed E-state index contributed by atoms with van der Waals surface area (Å²) in [5, 5.41) is 5.45. The molecule has 2 aromatic rings. The molecule has 1 aliphatic carbocycles. The van der Waals surface area contributed by atoms with Crippen LogP contribution in [0.5, 0.6) is 5.75 Å². The van der Waals surface area contributed by atoms with Crippen molar-refractivity contribution in [2.75, 3.05) is 5.32 Å². The van der Waals surface area contributed by atoms with Crippen LogP contribution in [0.4, 0.5) is 23.4 Å². The Morgan fingerprint density at radius 1 is 1.17 bits per heavy atom. The highest BCUT2D eigenvalue weighted by atomic mass is 19.3. The van der Waals surface area contributed by atoms with Crippen LogP contribution in [0.2, 0.25) is 0 Å². The minimum absolute atomic E-state index is 0.0279. The molecule has 1 aliphatic rings. The Kier molecular flexibility index (Phi) is 6.23. The summed E-state index contributed by atoms with van der Waals surface area (Å²) in [5.74, 6) is -0.673. The van der Waals surface area contributed by atoms with E-state index in [0.29, 0.717) is 11.4 Å². The van der Waals surface area contributed by atoms with Gasteiger partial charge in [-0.05, 0) is 61.7 Å². The molecule has 0 saturated heterocycles. The minimum atomic E-state index is -4.62. The number of amides is 2. The number of rotatable bonds is 8. The largest absolute Gasteiger partial charge is 0.461 e. The maximum Gasteiger partial charge on any atom is 0.461 e. The highest BCUT2D eigenvalue weighted by Crippen LogP contribution is 2.30. The second-order valence-corrected chi connectivity index (χ2v) is 6.92. The quantitative estimate of drug-likeness (QED) is 0.623. The maximum absolute atomic E-state index is 12.9. The third kappa shape index (κ3) is 5.46. The van der Waals surface area contributed by atoms with Crippen LogP contribution >= 0.6 is 0 Å². The molecule has 1 saturated carbocycles. The molecule has 1 unspecified atom stereocenters. The lowest BCUT2D eigenvalue weighted by Gasteiger charge is -2.17. The van der Waals surface area contributed by atoms with E-state index in [2.05, 4.69) is 20.4 Å². The second kappa shape index (κ2) is 8.68. The van der Waals surface area contributed by atoms with Crippen molar-refractivity contribution in [1.29, 1.82) is 0 Å². The van der Waals surface area contributed by atoms with Crippen molar-refractivity contribution in [1.82, 2.24) is 10.3 Å². The van der Waals surface area contributed by atoms with Gasteiger partial charge in [-0.2, -0.15) is 17.6 Å². The van der Waals surface area contributed by atoms with Gasteiger partial charge in [0.05, 0.1) is 6.04 Å². The van der Waals surface area contributed by atoms with E-state index in [4.69, 9.17) is 0 Å². The molecule has 30 heavy (non-hydrogen) atoms. The Morgan fingerprint density at radius 2 is 1.83 bits per heavy atom. The van der Waals surface area contributed by atoms with Crippen molar-refractivity contribution in [2.45, 2.75) is 38.3 Å². The number of hydrogen-bond acceptors (Lipinski definition) is 4. The topological polar surface area (TPSA) is 80.3 Å². The van der Waals surface area contributed by atoms with E-state index >= 15 is 0 Å². The molecular formula is C20H19F4N3O3. The van der Waals surface area contributed by atoms with Gasteiger partial charge in [-0.25, -0.2) is 4.98 Å². The summed E-state index contributed by atoms with van der Waals surface area (Å²) in [6, 6.07) is 7.27. The molecule has 0 radical (unpaired) electrons. The van der Waals surface area contributed by atoms with Crippen molar-refractivity contribution < 1.29 is 31.9 Å². The van der Waals surface area contributed by atoms with Crippen LogP contribution in [0, 0.1) is 5.92 Å². The summed E-state index contributed by atoms with van der Waals surface area (Å²) < 4.78 is 54.2. The van der Waals surface area contributed by atoms with Crippen LogP contribution in [-0.4, -0.2) is 29.3 Å². The Morgan fingerprint density at radius 3 is 2.43 bits per heavy atom. The number of anilines is 1. The Balaban J connectivity index is 1.60. The van der Waals surface area contributed by atoms with E-state index in [1.165, 1.54) is 18.3 Å². The number of alkyl halides is 4. The zero-order valence-corrected chi connectivity index (χ0v) is 15.9. The van der Waals surface area contributed by atoms with Crippen molar-refractivity contribution in [3.63, 3.8) is 0 Å². The molecule has 3 rings (SSSR count). The van der Waals surface area contributed by atoms with E-state index in [1.807, 2.05) is 0 Å². The number of hydrogen-bond donors (Lipinski definition) is 2. The van der Waals surface area contributed by atoms with Gasteiger partial charge in [0, 0.05) is 17.7 Å². The molecule has 160 valence electrons. The van der Waals surface area contributed by atoms with Crippen LogP contribution in [0.25, 0.3) is 0 Å². The SMILES string of the molecule is CC(NC(=O)c1ccc(OC(F)(F)C(F)F)cc1)c1ccnc(NC(=O)C2CC2)c1. The molecule has 2 amide bonds. The van der Waals surface area contributed by atoms with Crippen LogP contribution in [-0.2, 0) is 4.79 Å². The van der Waals surface area contributed by atoms with Gasteiger partial charge in [0.2, 0.25) is 5.91 Å². The number of nitrogens with zero attached hydrogens (tertiary/aromatic N) is 1. The van der Waals surface area contributed by atoms with Gasteiger partial charge in [0.15, 0.2) is 0 Å². The van der Waals surface area contributed by atoms with Gasteiger partial charge in [0.1, 0.15) is 11.6 Å². The molecule has 0 spiro atoms. The average molecular weight is 425 g/mol. The molecule has 6 nitrogen and oxygen atoms in total. The van der Waals surface area contributed by atoms with Gasteiger partial charge in [0.25, 0.3) is 5.91 Å². The summed E-state index contributed by atoms with van der Waals surface area (Å²) in [7, 11) is 0. The first kappa shape index (κ1) is 21.5. The smallest absolute Gasteiger partial charge is 0.428 e. The number of ether oxygens (including phenoxy) is 1. The Labute approximate surface area is 169 Å². The van der Waals surface area contributed by atoms with Gasteiger partial charge >= 0.3 is 12.5 Å². The van der Waals surface area contributed by atoms with Crippen LogP contribution in [0.3, 0.4) is 0 Å². The van der Waals surface area contributed by atoms with Crippen LogP contribution in [0.1, 0.15) is 41.7 Å². The lowest BCUT2D eigenvalue weighted by Crippen LogP contribution is -2.33. The van der Waals surface area contributed by atoms with Gasteiger partial charge in [-0.3, -0.25) is 9.59 Å². The van der Waals surface area contributed by atoms with Gasteiger partial charge in [-0.1, -0.05) is 0 Å². The Hall–Kier alpha value is -3.17. The van der Waals surface area contributed by atoms with Gasteiger partial charge in [-0.15, -0.1) is 0 Å². The number of benzene rings is 1. The third-order valence-electron chi connectivity index (χ3n) is 4.46. The predicted octanol–water partition coefficient (Wildman–Crippen LogP) is 4.16. The molecular weight excluding hydrogens is 406 g/mol. The van der Waals surface area contributed by atoms with E-state index < -0.39 is 30.2 Å². The first-order valence-electron chi connectivity index (χ1n) is 9.18. The summed E-state index contributed by atoms with van der Waals surface area (Å²) >= 11 is 0. The van der Waals surface area contributed by atoms with Crippen LogP contribution < -0.4 is 15.4 Å². The lowest BCUT2D eigenvalue weighted by atomic mass is 10.1. The number of pyridine rings is 1. The molecule has 1 fully saturated rings. The highest BCUT2D eigenvalue weighted by Gasteiger charge is 2.43. The van der Waals surface area contributed by atoms with Crippen LogP contribution in [0.15, 0.2) is 42.6 Å². The fraction of sp³-hybridized carbons (Fsp3) is 0.350. The molecule has 1 heterocycles. The fourth-order valence-corrected chi connectivity index (χ4v) is 2.60. The second-order valence-electron chi connectivity index (χ2n) is 6.92. The fourth-order valence-electron chi connectivity index (χ4n) is 2.60. The summed E-state index contributed by atoms with van der Waals surface area (Å²) in [6.45, 7) is 1.72. The number of nitrogens with one attached hydrogen (secondary N) is 2. The third-order valence-corrected chi connectivity index (χ3v) is 4.46. The number of aromatic nitrogens is 1. The van der Waals surface area contributed by atoms with Crippen molar-refractivity contribution >= 4 is 17.6 Å². The molecule has 2 N–H and O–H groups in total. The van der Waals surface area contributed by atoms with E-state index in [9.17, 15) is 27.2 Å². The summed E-state index contributed by atoms with van der Waals surface area (Å²) in [5.41, 5.74) is 0.826. The van der Waals surface area contributed by atoms with E-state index in [0.717, 1.165) is 25.0 Å². The molecule has 1 aromatic heterocycles. The number of carbonyl (C=O) groups is 2. The molecule has 1 aromatic carbocycles. The predicted molar refractivity (Wildman–Crippen MR) is 99.5 cm³/mol. The van der Waals surface area contributed by atoms with E-state index in [1.54, 1.807) is 19.1 Å². The number of halogens is 4.